The van der Waals surface area contributed by atoms with E-state index < -0.39 is 0 Å². The Labute approximate surface area is 123 Å². The Morgan fingerprint density at radius 3 is 2.55 bits per heavy atom. The third-order valence-corrected chi connectivity index (χ3v) is 3.55. The van der Waals surface area contributed by atoms with Gasteiger partial charge in [-0.1, -0.05) is 51.1 Å². The number of benzene rings is 1. The smallest absolute Gasteiger partial charge is 0.321 e. The van der Waals surface area contributed by atoms with Crippen molar-refractivity contribution in [2.24, 2.45) is 0 Å². The fourth-order valence-corrected chi connectivity index (χ4v) is 2.53. The topological polar surface area (TPSA) is 54.0 Å². The van der Waals surface area contributed by atoms with E-state index in [0.717, 1.165) is 11.3 Å². The van der Waals surface area contributed by atoms with Crippen molar-refractivity contribution < 1.29 is 4.79 Å². The number of carbonyl (C=O) groups is 1. The minimum absolute atomic E-state index is 0.00303. The summed E-state index contributed by atoms with van der Waals surface area (Å²) in [5.74, 6) is 0. The maximum atomic E-state index is 11.8. The van der Waals surface area contributed by atoms with Gasteiger partial charge in [0.15, 0.2) is 5.13 Å². The first-order valence-electron chi connectivity index (χ1n) is 6.50. The zero-order valence-corrected chi connectivity index (χ0v) is 12.8. The first-order chi connectivity index (χ1) is 9.45. The number of hydrogen-bond donors (Lipinski definition) is 2. The summed E-state index contributed by atoms with van der Waals surface area (Å²) in [4.78, 5) is 16.2. The van der Waals surface area contributed by atoms with E-state index in [0.29, 0.717) is 11.7 Å². The van der Waals surface area contributed by atoms with Gasteiger partial charge < -0.3 is 5.32 Å². The Kier molecular flexibility index (Phi) is 4.39. The highest BCUT2D eigenvalue weighted by Gasteiger charge is 2.17. The van der Waals surface area contributed by atoms with Crippen molar-refractivity contribution in [3.05, 3.63) is 47.0 Å². The van der Waals surface area contributed by atoms with Gasteiger partial charge in [0.25, 0.3) is 0 Å². The molecule has 0 saturated carbocycles. The van der Waals surface area contributed by atoms with Crippen LogP contribution in [0.1, 0.15) is 32.0 Å². The number of urea groups is 1. The fraction of sp³-hybridized carbons (Fsp3) is 0.333. The largest absolute Gasteiger partial charge is 0.334 e. The molecule has 1 aromatic heterocycles. The predicted octanol–water partition coefficient (Wildman–Crippen LogP) is 3.76. The molecule has 0 aliphatic carbocycles. The minimum Gasteiger partial charge on any atom is -0.334 e. The summed E-state index contributed by atoms with van der Waals surface area (Å²) >= 11 is 1.44. The summed E-state index contributed by atoms with van der Waals surface area (Å²) in [5, 5.41) is 8.18. The second-order valence-electron chi connectivity index (χ2n) is 5.58. The lowest BCUT2D eigenvalue weighted by atomic mass is 9.93. The maximum absolute atomic E-state index is 11.8. The van der Waals surface area contributed by atoms with Gasteiger partial charge in [-0.25, -0.2) is 9.78 Å². The van der Waals surface area contributed by atoms with Gasteiger partial charge in [0.05, 0.1) is 5.69 Å². The molecule has 20 heavy (non-hydrogen) atoms. The normalized spacial score (nSPS) is 11.2. The van der Waals surface area contributed by atoms with Crippen LogP contribution >= 0.6 is 11.3 Å². The summed E-state index contributed by atoms with van der Waals surface area (Å²) in [6, 6.07) is 9.57. The summed E-state index contributed by atoms with van der Waals surface area (Å²) in [6.07, 6.45) is 0. The van der Waals surface area contributed by atoms with E-state index in [9.17, 15) is 4.79 Å². The number of nitrogens with zero attached hydrogens (tertiary/aromatic N) is 1. The highest BCUT2D eigenvalue weighted by Crippen LogP contribution is 2.26. The molecule has 0 fully saturated rings. The van der Waals surface area contributed by atoms with E-state index in [1.807, 2.05) is 35.7 Å². The van der Waals surface area contributed by atoms with Crippen LogP contribution in [0.25, 0.3) is 0 Å². The van der Waals surface area contributed by atoms with Crippen LogP contribution in [0.15, 0.2) is 35.7 Å². The van der Waals surface area contributed by atoms with Crippen LogP contribution in [0.4, 0.5) is 9.93 Å². The van der Waals surface area contributed by atoms with E-state index in [1.54, 1.807) is 0 Å². The first kappa shape index (κ1) is 14.5. The number of nitrogens with one attached hydrogen (secondary N) is 2. The fourth-order valence-electron chi connectivity index (χ4n) is 1.60. The lowest BCUT2D eigenvalue weighted by Crippen LogP contribution is -2.28. The molecule has 0 radical (unpaired) electrons. The molecule has 106 valence electrons. The molecule has 0 bridgehead atoms. The molecule has 0 saturated heterocycles. The molecule has 2 N–H and O–H groups in total. The van der Waals surface area contributed by atoms with Gasteiger partial charge in [-0.2, -0.15) is 0 Å². The van der Waals surface area contributed by atoms with E-state index in [2.05, 4.69) is 36.4 Å². The average molecular weight is 289 g/mol. The second-order valence-corrected chi connectivity index (χ2v) is 6.44. The lowest BCUT2D eigenvalue weighted by Gasteiger charge is -2.14. The van der Waals surface area contributed by atoms with Crippen molar-refractivity contribution in [1.29, 1.82) is 0 Å². The van der Waals surface area contributed by atoms with E-state index in [-0.39, 0.29) is 11.4 Å². The molecule has 0 unspecified atom stereocenters. The van der Waals surface area contributed by atoms with Crippen LogP contribution in [-0.4, -0.2) is 11.0 Å². The Morgan fingerprint density at radius 1 is 1.25 bits per heavy atom. The van der Waals surface area contributed by atoms with Crippen molar-refractivity contribution in [1.82, 2.24) is 10.3 Å². The van der Waals surface area contributed by atoms with E-state index >= 15 is 0 Å². The Morgan fingerprint density at radius 2 is 1.95 bits per heavy atom. The lowest BCUT2D eigenvalue weighted by molar-refractivity contribution is 0.251. The Hall–Kier alpha value is -1.88. The molecule has 5 heteroatoms. The molecule has 0 atom stereocenters. The number of hydrogen-bond acceptors (Lipinski definition) is 3. The van der Waals surface area contributed by atoms with E-state index in [4.69, 9.17) is 0 Å². The van der Waals surface area contributed by atoms with Crippen LogP contribution < -0.4 is 10.6 Å². The standard InChI is InChI=1S/C15H19N3OS/c1-15(2,3)12-10-20-14(17-12)18-13(19)16-9-11-7-5-4-6-8-11/h4-8,10H,9H2,1-3H3,(H2,16,17,18,19). The van der Waals surface area contributed by atoms with E-state index in [1.165, 1.54) is 11.3 Å². The van der Waals surface area contributed by atoms with Gasteiger partial charge in [-0.15, -0.1) is 11.3 Å². The number of anilines is 1. The molecule has 2 amide bonds. The first-order valence-corrected chi connectivity index (χ1v) is 7.38. The van der Waals surface area contributed by atoms with Gasteiger partial charge in [0, 0.05) is 17.3 Å². The van der Waals surface area contributed by atoms with Gasteiger partial charge in [0.1, 0.15) is 0 Å². The van der Waals surface area contributed by atoms with Crippen LogP contribution in [0.2, 0.25) is 0 Å². The maximum Gasteiger partial charge on any atom is 0.321 e. The van der Waals surface area contributed by atoms with Crippen molar-refractivity contribution in [2.75, 3.05) is 5.32 Å². The molecule has 4 nitrogen and oxygen atoms in total. The van der Waals surface area contributed by atoms with Crippen molar-refractivity contribution in [3.8, 4) is 0 Å². The van der Waals surface area contributed by atoms with Crippen molar-refractivity contribution in [2.45, 2.75) is 32.7 Å². The third-order valence-electron chi connectivity index (χ3n) is 2.79. The molecule has 1 heterocycles. The molecule has 0 aliphatic heterocycles. The number of rotatable bonds is 3. The Balaban J connectivity index is 1.87. The molecular weight excluding hydrogens is 270 g/mol. The number of amides is 2. The summed E-state index contributed by atoms with van der Waals surface area (Å²) in [6.45, 7) is 6.80. The van der Waals surface area contributed by atoms with Crippen molar-refractivity contribution in [3.63, 3.8) is 0 Å². The Bertz CT molecular complexity index is 572. The minimum atomic E-state index is -0.233. The third kappa shape index (κ3) is 4.06. The van der Waals surface area contributed by atoms with Gasteiger partial charge in [-0.05, 0) is 5.56 Å². The van der Waals surface area contributed by atoms with Crippen LogP contribution in [0, 0.1) is 0 Å². The van der Waals surface area contributed by atoms with Gasteiger partial charge in [-0.3, -0.25) is 5.32 Å². The zero-order chi connectivity index (χ0) is 14.6. The van der Waals surface area contributed by atoms with Crippen LogP contribution in [-0.2, 0) is 12.0 Å². The molecule has 1 aromatic carbocycles. The molecule has 0 spiro atoms. The summed E-state index contributed by atoms with van der Waals surface area (Å²) < 4.78 is 0. The SMILES string of the molecule is CC(C)(C)c1csc(NC(=O)NCc2ccccc2)n1. The summed E-state index contributed by atoms with van der Waals surface area (Å²) in [7, 11) is 0. The zero-order valence-electron chi connectivity index (χ0n) is 11.9. The molecule has 0 aliphatic rings. The van der Waals surface area contributed by atoms with Crippen LogP contribution in [0.3, 0.4) is 0 Å². The average Bonchev–Trinajstić information content (AvgIpc) is 2.86. The predicted molar refractivity (Wildman–Crippen MR) is 83.1 cm³/mol. The number of carbonyl (C=O) groups excluding carboxylic acids is 1. The summed E-state index contributed by atoms with van der Waals surface area (Å²) in [5.41, 5.74) is 2.05. The number of thiazole rings is 1. The molecular formula is C15H19N3OS. The van der Waals surface area contributed by atoms with Gasteiger partial charge in [0.2, 0.25) is 0 Å². The monoisotopic (exact) mass is 289 g/mol. The number of aromatic nitrogens is 1. The molecule has 2 aromatic rings. The second kappa shape index (κ2) is 6.05. The highest BCUT2D eigenvalue weighted by atomic mass is 32.1. The molecule has 2 rings (SSSR count). The van der Waals surface area contributed by atoms with Gasteiger partial charge >= 0.3 is 6.03 Å². The van der Waals surface area contributed by atoms with Crippen LogP contribution in [0.5, 0.6) is 0 Å². The quantitative estimate of drug-likeness (QED) is 0.904. The highest BCUT2D eigenvalue weighted by molar-refractivity contribution is 7.13. The van der Waals surface area contributed by atoms with Crippen molar-refractivity contribution >= 4 is 22.5 Å².